The number of rotatable bonds is 4. The Morgan fingerprint density at radius 2 is 2.14 bits per heavy atom. The number of aliphatic carboxylic acids is 1. The molecule has 0 aliphatic carbocycles. The van der Waals surface area contributed by atoms with Crippen molar-refractivity contribution in [2.45, 2.75) is 0 Å². The van der Waals surface area contributed by atoms with Crippen molar-refractivity contribution in [2.24, 2.45) is 5.16 Å². The molecule has 0 saturated heterocycles. The lowest BCUT2D eigenvalue weighted by Gasteiger charge is -1.93. The number of nitrogens with zero attached hydrogens (tertiary/aromatic N) is 1. The Labute approximate surface area is 79.6 Å². The summed E-state index contributed by atoms with van der Waals surface area (Å²) in [5.74, 6) is -1.44. The maximum absolute atomic E-state index is 12.4. The molecule has 0 radical (unpaired) electrons. The topological polar surface area (TPSA) is 58.9 Å². The molecule has 1 rings (SSSR count). The Morgan fingerprint density at radius 1 is 1.50 bits per heavy atom. The van der Waals surface area contributed by atoms with Crippen LogP contribution in [0.3, 0.4) is 0 Å². The van der Waals surface area contributed by atoms with Crippen molar-refractivity contribution in [3.05, 3.63) is 35.6 Å². The smallest absolute Gasteiger partial charge is 0.344 e. The van der Waals surface area contributed by atoms with E-state index >= 15 is 0 Å². The number of oxime groups is 1. The van der Waals surface area contributed by atoms with Gasteiger partial charge in [0, 0.05) is 0 Å². The van der Waals surface area contributed by atoms with Crippen LogP contribution < -0.4 is 0 Å². The SMILES string of the molecule is O=C(O)CON=Cc1ccc(F)cc1. The number of hydrogen-bond donors (Lipinski definition) is 1. The van der Waals surface area contributed by atoms with Crippen LogP contribution in [0.2, 0.25) is 0 Å². The zero-order chi connectivity index (χ0) is 10.4. The second kappa shape index (κ2) is 4.96. The first kappa shape index (κ1) is 10.2. The van der Waals surface area contributed by atoms with Gasteiger partial charge in [0.2, 0.25) is 6.61 Å². The van der Waals surface area contributed by atoms with E-state index < -0.39 is 12.6 Å². The predicted octanol–water partition coefficient (Wildman–Crippen LogP) is 1.26. The molecule has 0 bridgehead atoms. The average molecular weight is 197 g/mol. The maximum atomic E-state index is 12.4. The van der Waals surface area contributed by atoms with Crippen molar-refractivity contribution < 1.29 is 19.1 Å². The summed E-state index contributed by atoms with van der Waals surface area (Å²) in [5.41, 5.74) is 0.636. The van der Waals surface area contributed by atoms with Crippen LogP contribution in [0.25, 0.3) is 0 Å². The molecule has 1 N–H and O–H groups in total. The van der Waals surface area contributed by atoms with Gasteiger partial charge in [-0.05, 0) is 17.7 Å². The Balaban J connectivity index is 2.44. The van der Waals surface area contributed by atoms with Gasteiger partial charge in [-0.1, -0.05) is 17.3 Å². The quantitative estimate of drug-likeness (QED) is 0.584. The molecule has 1 aromatic rings. The minimum Gasteiger partial charge on any atom is -0.479 e. The Kier molecular flexibility index (Phi) is 3.60. The molecule has 0 heterocycles. The molecule has 5 heteroatoms. The molecule has 0 aromatic heterocycles. The average Bonchev–Trinajstić information content (AvgIpc) is 2.15. The molecular formula is C9H8FNO3. The summed E-state index contributed by atoms with van der Waals surface area (Å²) < 4.78 is 12.4. The number of hydrogen-bond acceptors (Lipinski definition) is 3. The second-order valence-corrected chi connectivity index (χ2v) is 2.45. The van der Waals surface area contributed by atoms with Gasteiger partial charge in [0.05, 0.1) is 6.21 Å². The number of carboxylic acid groups (broad SMARTS) is 1. The van der Waals surface area contributed by atoms with E-state index in [2.05, 4.69) is 9.99 Å². The first-order valence-corrected chi connectivity index (χ1v) is 3.81. The molecule has 0 unspecified atom stereocenters. The first-order chi connectivity index (χ1) is 6.68. The van der Waals surface area contributed by atoms with Gasteiger partial charge in [-0.25, -0.2) is 9.18 Å². The molecule has 14 heavy (non-hydrogen) atoms. The molecule has 1 aromatic carbocycles. The fraction of sp³-hybridized carbons (Fsp3) is 0.111. The zero-order valence-corrected chi connectivity index (χ0v) is 7.18. The van der Waals surface area contributed by atoms with Crippen LogP contribution in [0.5, 0.6) is 0 Å². The molecule has 0 aliphatic rings. The lowest BCUT2D eigenvalue weighted by molar-refractivity contribution is -0.142. The van der Waals surface area contributed by atoms with Crippen molar-refractivity contribution >= 4 is 12.2 Å². The molecule has 0 spiro atoms. The van der Waals surface area contributed by atoms with Crippen LogP contribution in [0.4, 0.5) is 4.39 Å². The largest absolute Gasteiger partial charge is 0.479 e. The molecule has 0 aliphatic heterocycles. The minimum absolute atomic E-state index is 0.339. The monoisotopic (exact) mass is 197 g/mol. The van der Waals surface area contributed by atoms with Gasteiger partial charge in [-0.3, -0.25) is 0 Å². The Hall–Kier alpha value is -1.91. The van der Waals surface area contributed by atoms with E-state index in [1.165, 1.54) is 30.5 Å². The molecule has 4 nitrogen and oxygen atoms in total. The predicted molar refractivity (Wildman–Crippen MR) is 47.6 cm³/mol. The Bertz CT molecular complexity index is 334. The van der Waals surface area contributed by atoms with Gasteiger partial charge in [-0.15, -0.1) is 0 Å². The normalized spacial score (nSPS) is 10.4. The summed E-state index contributed by atoms with van der Waals surface area (Å²) in [6.07, 6.45) is 1.31. The van der Waals surface area contributed by atoms with Crippen LogP contribution in [-0.2, 0) is 9.63 Å². The molecule has 0 atom stereocenters. The zero-order valence-electron chi connectivity index (χ0n) is 7.18. The Morgan fingerprint density at radius 3 is 2.71 bits per heavy atom. The van der Waals surface area contributed by atoms with Crippen LogP contribution in [-0.4, -0.2) is 23.9 Å². The van der Waals surface area contributed by atoms with Crippen LogP contribution in [0.15, 0.2) is 29.4 Å². The maximum Gasteiger partial charge on any atom is 0.344 e. The van der Waals surface area contributed by atoms with E-state index in [-0.39, 0.29) is 5.82 Å². The van der Waals surface area contributed by atoms with Crippen LogP contribution in [0.1, 0.15) is 5.56 Å². The van der Waals surface area contributed by atoms with E-state index in [1.54, 1.807) is 0 Å². The highest BCUT2D eigenvalue weighted by atomic mass is 19.1. The third kappa shape index (κ3) is 3.66. The first-order valence-electron chi connectivity index (χ1n) is 3.81. The number of carbonyl (C=O) groups is 1. The summed E-state index contributed by atoms with van der Waals surface area (Å²) in [6, 6.07) is 5.56. The molecule has 0 saturated carbocycles. The minimum atomic E-state index is -1.10. The fourth-order valence-corrected chi connectivity index (χ4v) is 0.739. The van der Waals surface area contributed by atoms with Gasteiger partial charge in [0.1, 0.15) is 5.82 Å². The standard InChI is InChI=1S/C9H8FNO3/c10-8-3-1-7(2-4-8)5-11-14-6-9(12)13/h1-5H,6H2,(H,12,13). The van der Waals surface area contributed by atoms with E-state index in [1.807, 2.05) is 0 Å². The van der Waals surface area contributed by atoms with Gasteiger partial charge in [0.15, 0.2) is 0 Å². The highest BCUT2D eigenvalue weighted by molar-refractivity contribution is 5.79. The summed E-state index contributed by atoms with van der Waals surface area (Å²) in [6.45, 7) is -0.488. The molecular weight excluding hydrogens is 189 g/mol. The highest BCUT2D eigenvalue weighted by Gasteiger charge is 1.93. The van der Waals surface area contributed by atoms with Crippen molar-refractivity contribution in [3.8, 4) is 0 Å². The molecule has 0 fully saturated rings. The van der Waals surface area contributed by atoms with Crippen molar-refractivity contribution in [2.75, 3.05) is 6.61 Å². The van der Waals surface area contributed by atoms with E-state index in [0.717, 1.165) is 0 Å². The van der Waals surface area contributed by atoms with E-state index in [0.29, 0.717) is 5.56 Å². The summed E-state index contributed by atoms with van der Waals surface area (Å²) in [5, 5.41) is 11.6. The van der Waals surface area contributed by atoms with Crippen molar-refractivity contribution in [1.82, 2.24) is 0 Å². The van der Waals surface area contributed by atoms with Crippen molar-refractivity contribution in [1.29, 1.82) is 0 Å². The van der Waals surface area contributed by atoms with Gasteiger partial charge >= 0.3 is 5.97 Å². The summed E-state index contributed by atoms with van der Waals surface area (Å²) in [7, 11) is 0. The lowest BCUT2D eigenvalue weighted by Crippen LogP contribution is -2.03. The lowest BCUT2D eigenvalue weighted by atomic mass is 10.2. The van der Waals surface area contributed by atoms with Gasteiger partial charge < -0.3 is 9.94 Å². The number of carboxylic acids is 1. The molecule has 74 valence electrons. The highest BCUT2D eigenvalue weighted by Crippen LogP contribution is 1.99. The number of halogens is 1. The van der Waals surface area contributed by atoms with Gasteiger partial charge in [0.25, 0.3) is 0 Å². The molecule has 0 amide bonds. The third-order valence-corrected chi connectivity index (χ3v) is 1.33. The van der Waals surface area contributed by atoms with Crippen LogP contribution >= 0.6 is 0 Å². The summed E-state index contributed by atoms with van der Waals surface area (Å²) in [4.78, 5) is 14.4. The third-order valence-electron chi connectivity index (χ3n) is 1.33. The fourth-order valence-electron chi connectivity index (χ4n) is 0.739. The second-order valence-electron chi connectivity index (χ2n) is 2.45. The van der Waals surface area contributed by atoms with E-state index in [9.17, 15) is 9.18 Å². The summed E-state index contributed by atoms with van der Waals surface area (Å²) >= 11 is 0. The van der Waals surface area contributed by atoms with Crippen molar-refractivity contribution in [3.63, 3.8) is 0 Å². The van der Waals surface area contributed by atoms with Gasteiger partial charge in [-0.2, -0.15) is 0 Å². The number of benzene rings is 1. The van der Waals surface area contributed by atoms with E-state index in [4.69, 9.17) is 5.11 Å². The van der Waals surface area contributed by atoms with Crippen LogP contribution in [0, 0.1) is 5.82 Å².